The lowest BCUT2D eigenvalue weighted by atomic mass is 10.2. The Morgan fingerprint density at radius 2 is 2.21 bits per heavy atom. The maximum atomic E-state index is 5.66. The van der Waals surface area contributed by atoms with E-state index in [2.05, 4.69) is 33.3 Å². The van der Waals surface area contributed by atoms with Crippen LogP contribution in [0.1, 0.15) is 17.6 Å². The van der Waals surface area contributed by atoms with Crippen molar-refractivity contribution < 1.29 is 4.74 Å². The van der Waals surface area contributed by atoms with Crippen LogP contribution in [0.4, 0.5) is 0 Å². The lowest BCUT2D eigenvalue weighted by Crippen LogP contribution is -1.98. The molecule has 0 aliphatic rings. The fourth-order valence-electron chi connectivity index (χ4n) is 2.24. The highest BCUT2D eigenvalue weighted by Gasteiger charge is 2.07. The highest BCUT2D eigenvalue weighted by Crippen LogP contribution is 2.27. The van der Waals surface area contributed by atoms with Crippen molar-refractivity contribution >= 4 is 22.2 Å². The summed E-state index contributed by atoms with van der Waals surface area (Å²) < 4.78 is 7.88. The first kappa shape index (κ1) is 12.2. The van der Waals surface area contributed by atoms with Crippen molar-refractivity contribution in [3.8, 4) is 5.75 Å². The van der Waals surface area contributed by atoms with E-state index in [4.69, 9.17) is 4.74 Å². The second kappa shape index (κ2) is 5.05. The average Bonchev–Trinajstić information content (AvgIpc) is 2.99. The van der Waals surface area contributed by atoms with Crippen LogP contribution in [0.3, 0.4) is 0 Å². The molecule has 0 unspecified atom stereocenters. The number of rotatable bonds is 4. The number of hydrogen-bond acceptors (Lipinski definition) is 3. The second-order valence-corrected chi connectivity index (χ2v) is 5.39. The van der Waals surface area contributed by atoms with E-state index in [0.717, 1.165) is 28.4 Å². The van der Waals surface area contributed by atoms with Gasteiger partial charge < -0.3 is 9.30 Å². The van der Waals surface area contributed by atoms with Crippen LogP contribution in [0, 0.1) is 6.92 Å². The Kier molecular flexibility index (Phi) is 3.25. The van der Waals surface area contributed by atoms with Crippen LogP contribution in [0.25, 0.3) is 10.9 Å². The van der Waals surface area contributed by atoms with Gasteiger partial charge in [0.05, 0.1) is 18.7 Å². The number of ether oxygens (including phenoxy) is 1. The third-order valence-corrected chi connectivity index (χ3v) is 4.00. The molecular formula is C15H16N2OS. The molecule has 2 heterocycles. The molecule has 98 valence electrons. The lowest BCUT2D eigenvalue weighted by molar-refractivity contribution is 0.344. The van der Waals surface area contributed by atoms with Crippen molar-refractivity contribution in [1.82, 2.24) is 9.55 Å². The topological polar surface area (TPSA) is 27.1 Å². The summed E-state index contributed by atoms with van der Waals surface area (Å²) in [4.78, 5) is 4.52. The molecule has 0 aliphatic heterocycles. The van der Waals surface area contributed by atoms with Gasteiger partial charge in [-0.3, -0.25) is 0 Å². The van der Waals surface area contributed by atoms with E-state index in [1.807, 2.05) is 26.0 Å². The summed E-state index contributed by atoms with van der Waals surface area (Å²) in [5.41, 5.74) is 2.28. The molecule has 0 amide bonds. The molecule has 3 nitrogen and oxygen atoms in total. The zero-order chi connectivity index (χ0) is 13.2. The van der Waals surface area contributed by atoms with Crippen molar-refractivity contribution in [2.24, 2.45) is 0 Å². The fourth-order valence-corrected chi connectivity index (χ4v) is 3.01. The van der Waals surface area contributed by atoms with E-state index < -0.39 is 0 Å². The molecular weight excluding hydrogens is 256 g/mol. The number of fused-ring (bicyclic) bond motifs is 1. The van der Waals surface area contributed by atoms with Crippen LogP contribution in [-0.2, 0) is 6.54 Å². The predicted molar refractivity (Wildman–Crippen MR) is 79.1 cm³/mol. The van der Waals surface area contributed by atoms with Crippen molar-refractivity contribution in [2.45, 2.75) is 20.4 Å². The van der Waals surface area contributed by atoms with E-state index in [1.165, 1.54) is 5.52 Å². The van der Waals surface area contributed by atoms with Gasteiger partial charge in [0, 0.05) is 22.7 Å². The van der Waals surface area contributed by atoms with Gasteiger partial charge in [0.2, 0.25) is 0 Å². The smallest absolute Gasteiger partial charge is 0.128 e. The standard InChI is InChI=1S/C15H16N2OS/c1-3-18-14-6-4-5-13-12(14)7-8-17(13)9-15-16-11(2)10-19-15/h4-8,10H,3,9H2,1-2H3. The molecule has 4 heteroatoms. The zero-order valence-electron chi connectivity index (χ0n) is 11.1. The van der Waals surface area contributed by atoms with E-state index >= 15 is 0 Å². The van der Waals surface area contributed by atoms with Gasteiger partial charge in [-0.25, -0.2) is 4.98 Å². The molecule has 1 aromatic carbocycles. The number of aromatic nitrogens is 2. The third-order valence-electron chi connectivity index (χ3n) is 3.05. The Morgan fingerprint density at radius 1 is 1.32 bits per heavy atom. The Balaban J connectivity index is 1.98. The number of benzene rings is 1. The Morgan fingerprint density at radius 3 is 2.95 bits per heavy atom. The van der Waals surface area contributed by atoms with Crippen molar-refractivity contribution in [3.63, 3.8) is 0 Å². The molecule has 0 atom stereocenters. The first-order valence-corrected chi connectivity index (χ1v) is 7.27. The van der Waals surface area contributed by atoms with Crippen LogP contribution in [-0.4, -0.2) is 16.2 Å². The number of nitrogens with zero attached hydrogens (tertiary/aromatic N) is 2. The van der Waals surface area contributed by atoms with Gasteiger partial charge in [-0.05, 0) is 32.0 Å². The molecule has 2 aromatic heterocycles. The van der Waals surface area contributed by atoms with E-state index in [-0.39, 0.29) is 0 Å². The maximum Gasteiger partial charge on any atom is 0.128 e. The highest BCUT2D eigenvalue weighted by molar-refractivity contribution is 7.09. The van der Waals surface area contributed by atoms with Crippen LogP contribution >= 0.6 is 11.3 Å². The Bertz CT molecular complexity index is 699. The molecule has 0 aliphatic carbocycles. The molecule has 0 radical (unpaired) electrons. The minimum Gasteiger partial charge on any atom is -0.493 e. The van der Waals surface area contributed by atoms with Crippen molar-refractivity contribution in [2.75, 3.05) is 6.61 Å². The molecule has 0 spiro atoms. The SMILES string of the molecule is CCOc1cccc2c1ccn2Cc1nc(C)cs1. The van der Waals surface area contributed by atoms with Gasteiger partial charge in [-0.1, -0.05) is 6.07 Å². The Hall–Kier alpha value is -1.81. The highest BCUT2D eigenvalue weighted by atomic mass is 32.1. The van der Waals surface area contributed by atoms with E-state index in [9.17, 15) is 0 Å². The molecule has 0 bridgehead atoms. The van der Waals surface area contributed by atoms with Crippen LogP contribution in [0.2, 0.25) is 0 Å². The average molecular weight is 272 g/mol. The fraction of sp³-hybridized carbons (Fsp3) is 0.267. The summed E-state index contributed by atoms with van der Waals surface area (Å²) in [6.07, 6.45) is 2.10. The number of hydrogen-bond donors (Lipinski definition) is 0. The minimum absolute atomic E-state index is 0.690. The van der Waals surface area contributed by atoms with Crippen LogP contribution < -0.4 is 4.74 Å². The molecule has 0 N–H and O–H groups in total. The first-order chi connectivity index (χ1) is 9.28. The molecule has 0 saturated heterocycles. The predicted octanol–water partition coefficient (Wildman–Crippen LogP) is 3.85. The largest absolute Gasteiger partial charge is 0.493 e. The number of thiazole rings is 1. The quantitative estimate of drug-likeness (QED) is 0.721. The summed E-state index contributed by atoms with van der Waals surface area (Å²) in [6.45, 7) is 5.54. The molecule has 3 aromatic rings. The molecule has 0 fully saturated rings. The van der Waals surface area contributed by atoms with Crippen LogP contribution in [0.15, 0.2) is 35.8 Å². The maximum absolute atomic E-state index is 5.66. The van der Waals surface area contributed by atoms with E-state index in [1.54, 1.807) is 11.3 Å². The van der Waals surface area contributed by atoms with Gasteiger partial charge in [-0.15, -0.1) is 11.3 Å². The van der Waals surface area contributed by atoms with Gasteiger partial charge in [-0.2, -0.15) is 0 Å². The van der Waals surface area contributed by atoms with Crippen molar-refractivity contribution in [3.05, 3.63) is 46.5 Å². The zero-order valence-corrected chi connectivity index (χ0v) is 11.9. The summed E-state index contributed by atoms with van der Waals surface area (Å²) in [6, 6.07) is 8.29. The third kappa shape index (κ3) is 2.36. The van der Waals surface area contributed by atoms with Gasteiger partial charge >= 0.3 is 0 Å². The van der Waals surface area contributed by atoms with Gasteiger partial charge in [0.25, 0.3) is 0 Å². The molecule has 19 heavy (non-hydrogen) atoms. The summed E-state index contributed by atoms with van der Waals surface area (Å²) in [5.74, 6) is 0.953. The van der Waals surface area contributed by atoms with Crippen molar-refractivity contribution in [1.29, 1.82) is 0 Å². The van der Waals surface area contributed by atoms with Gasteiger partial charge in [0.15, 0.2) is 0 Å². The lowest BCUT2D eigenvalue weighted by Gasteiger charge is -2.06. The molecule has 3 rings (SSSR count). The first-order valence-electron chi connectivity index (χ1n) is 6.39. The normalized spacial score (nSPS) is 11.1. The molecule has 0 saturated carbocycles. The second-order valence-electron chi connectivity index (χ2n) is 4.45. The van der Waals surface area contributed by atoms with E-state index in [0.29, 0.717) is 6.61 Å². The minimum atomic E-state index is 0.690. The monoisotopic (exact) mass is 272 g/mol. The summed E-state index contributed by atoms with van der Waals surface area (Å²) >= 11 is 1.71. The van der Waals surface area contributed by atoms with Crippen LogP contribution in [0.5, 0.6) is 5.75 Å². The number of aryl methyl sites for hydroxylation is 1. The summed E-state index contributed by atoms with van der Waals surface area (Å²) in [7, 11) is 0. The Labute approximate surface area is 116 Å². The summed E-state index contributed by atoms with van der Waals surface area (Å²) in [5, 5.41) is 4.39. The van der Waals surface area contributed by atoms with Gasteiger partial charge in [0.1, 0.15) is 10.8 Å².